The zero-order valence-corrected chi connectivity index (χ0v) is 19.9. The number of carbonyl (C=O) groups excluding carboxylic acids is 1. The third-order valence-electron chi connectivity index (χ3n) is 5.82. The maximum atomic E-state index is 12.5. The number of carbonyl (C=O) groups is 1. The Morgan fingerprint density at radius 3 is 2.25 bits per heavy atom. The number of fused-ring (bicyclic) bond motifs is 1. The monoisotopic (exact) mass is 441 g/mol. The summed E-state index contributed by atoms with van der Waals surface area (Å²) in [5.41, 5.74) is 3.56. The van der Waals surface area contributed by atoms with Crippen LogP contribution in [0.3, 0.4) is 0 Å². The maximum Gasteiger partial charge on any atom is 0.315 e. The van der Waals surface area contributed by atoms with Gasteiger partial charge >= 0.3 is 6.03 Å². The Labute approximate surface area is 191 Å². The summed E-state index contributed by atoms with van der Waals surface area (Å²) in [5, 5.41) is 6.07. The van der Waals surface area contributed by atoms with E-state index >= 15 is 0 Å². The molecule has 0 spiro atoms. The average molecular weight is 442 g/mol. The van der Waals surface area contributed by atoms with Gasteiger partial charge < -0.3 is 24.8 Å². The minimum absolute atomic E-state index is 0.0152. The highest BCUT2D eigenvalue weighted by Crippen LogP contribution is 2.40. The largest absolute Gasteiger partial charge is 0.497 e. The molecule has 0 aromatic heterocycles. The summed E-state index contributed by atoms with van der Waals surface area (Å²) in [6, 6.07) is 12.0. The highest BCUT2D eigenvalue weighted by atomic mass is 16.5. The molecule has 0 saturated carbocycles. The number of nitrogens with zero attached hydrogens (tertiary/aromatic N) is 1. The fourth-order valence-corrected chi connectivity index (χ4v) is 4.35. The van der Waals surface area contributed by atoms with Gasteiger partial charge in [-0.3, -0.25) is 4.90 Å². The third-order valence-corrected chi connectivity index (χ3v) is 5.82. The molecule has 7 heteroatoms. The molecule has 7 nitrogen and oxygen atoms in total. The van der Waals surface area contributed by atoms with Crippen molar-refractivity contribution in [1.29, 1.82) is 0 Å². The lowest BCUT2D eigenvalue weighted by molar-refractivity contribution is 0.143. The van der Waals surface area contributed by atoms with Gasteiger partial charge in [-0.05, 0) is 68.1 Å². The molecule has 0 fully saturated rings. The number of hydrogen-bond acceptors (Lipinski definition) is 5. The molecule has 0 radical (unpaired) electrons. The van der Waals surface area contributed by atoms with E-state index in [9.17, 15) is 4.79 Å². The van der Waals surface area contributed by atoms with E-state index in [-0.39, 0.29) is 24.2 Å². The summed E-state index contributed by atoms with van der Waals surface area (Å²) in [7, 11) is 4.97. The topological polar surface area (TPSA) is 72.1 Å². The quantitative estimate of drug-likeness (QED) is 0.650. The third kappa shape index (κ3) is 5.46. The molecule has 3 rings (SSSR count). The zero-order valence-electron chi connectivity index (χ0n) is 19.9. The first-order valence-corrected chi connectivity index (χ1v) is 11.0. The molecule has 2 aromatic rings. The first-order chi connectivity index (χ1) is 15.4. The van der Waals surface area contributed by atoms with Crippen LogP contribution in [0.15, 0.2) is 36.4 Å². The standard InChI is InChI=1S/C25H35N3O4/c1-16(2)26-25(29)27-17(3)24-21-14-23(32-6)22(31-5)13-19(21)11-12-28(24)15-18-7-9-20(30-4)10-8-18/h7-10,13-14,16-17,24H,11-12,15H2,1-6H3,(H2,26,27,29)/t17-,24+/m1/s1. The molecular formula is C25H35N3O4. The van der Waals surface area contributed by atoms with Gasteiger partial charge in [-0.2, -0.15) is 0 Å². The molecule has 0 saturated heterocycles. The molecule has 1 heterocycles. The molecular weight excluding hydrogens is 406 g/mol. The Morgan fingerprint density at radius 1 is 1.00 bits per heavy atom. The Balaban J connectivity index is 1.94. The van der Waals surface area contributed by atoms with Crippen molar-refractivity contribution in [2.45, 2.75) is 51.9 Å². The van der Waals surface area contributed by atoms with Crippen LogP contribution >= 0.6 is 0 Å². The zero-order chi connectivity index (χ0) is 23.3. The molecule has 1 aliphatic heterocycles. The van der Waals surface area contributed by atoms with Crippen molar-refractivity contribution in [2.24, 2.45) is 0 Å². The molecule has 2 amide bonds. The minimum Gasteiger partial charge on any atom is -0.497 e. The summed E-state index contributed by atoms with van der Waals surface area (Å²) in [6.45, 7) is 7.59. The summed E-state index contributed by atoms with van der Waals surface area (Å²) in [5.74, 6) is 2.26. The number of ether oxygens (including phenoxy) is 3. The van der Waals surface area contributed by atoms with Gasteiger partial charge in [0.2, 0.25) is 0 Å². The summed E-state index contributed by atoms with van der Waals surface area (Å²) >= 11 is 0. The van der Waals surface area contributed by atoms with Crippen molar-refractivity contribution >= 4 is 6.03 Å². The van der Waals surface area contributed by atoms with Crippen LogP contribution in [-0.2, 0) is 13.0 Å². The first kappa shape index (κ1) is 23.7. The Hall–Kier alpha value is -2.93. The van der Waals surface area contributed by atoms with Crippen molar-refractivity contribution < 1.29 is 19.0 Å². The van der Waals surface area contributed by atoms with Gasteiger partial charge in [-0.25, -0.2) is 4.79 Å². The van der Waals surface area contributed by atoms with Crippen LogP contribution < -0.4 is 24.8 Å². The van der Waals surface area contributed by atoms with Crippen molar-refractivity contribution in [1.82, 2.24) is 15.5 Å². The van der Waals surface area contributed by atoms with Crippen LogP contribution in [0.5, 0.6) is 17.2 Å². The van der Waals surface area contributed by atoms with E-state index in [1.54, 1.807) is 21.3 Å². The molecule has 2 aromatic carbocycles. The van der Waals surface area contributed by atoms with E-state index in [0.717, 1.165) is 36.6 Å². The number of urea groups is 1. The number of rotatable bonds is 8. The molecule has 0 bridgehead atoms. The van der Waals surface area contributed by atoms with E-state index in [0.29, 0.717) is 5.75 Å². The Bertz CT molecular complexity index is 914. The second kappa shape index (κ2) is 10.6. The van der Waals surface area contributed by atoms with Crippen LogP contribution in [0.25, 0.3) is 0 Å². The molecule has 0 aliphatic carbocycles. The average Bonchev–Trinajstić information content (AvgIpc) is 2.77. The second-order valence-corrected chi connectivity index (χ2v) is 8.48. The van der Waals surface area contributed by atoms with E-state index in [2.05, 4.69) is 46.7 Å². The van der Waals surface area contributed by atoms with Gasteiger partial charge in [0, 0.05) is 25.2 Å². The maximum absolute atomic E-state index is 12.5. The molecule has 2 N–H and O–H groups in total. The number of benzene rings is 2. The molecule has 1 aliphatic rings. The van der Waals surface area contributed by atoms with Crippen LogP contribution in [0.2, 0.25) is 0 Å². The van der Waals surface area contributed by atoms with Crippen molar-refractivity contribution in [3.63, 3.8) is 0 Å². The van der Waals surface area contributed by atoms with Crippen molar-refractivity contribution in [2.75, 3.05) is 27.9 Å². The fraction of sp³-hybridized carbons (Fsp3) is 0.480. The number of methoxy groups -OCH3 is 3. The highest BCUT2D eigenvalue weighted by molar-refractivity contribution is 5.74. The lowest BCUT2D eigenvalue weighted by atomic mass is 9.87. The van der Waals surface area contributed by atoms with E-state index in [1.165, 1.54) is 11.1 Å². The number of nitrogens with one attached hydrogen (secondary N) is 2. The minimum atomic E-state index is -0.163. The predicted molar refractivity (Wildman–Crippen MR) is 126 cm³/mol. The van der Waals surface area contributed by atoms with Gasteiger partial charge in [-0.1, -0.05) is 12.1 Å². The van der Waals surface area contributed by atoms with Crippen LogP contribution in [-0.4, -0.2) is 50.9 Å². The lowest BCUT2D eigenvalue weighted by Crippen LogP contribution is -2.50. The number of hydrogen-bond donors (Lipinski definition) is 2. The van der Waals surface area contributed by atoms with E-state index < -0.39 is 0 Å². The Kier molecular flexibility index (Phi) is 7.85. The van der Waals surface area contributed by atoms with Crippen molar-refractivity contribution in [3.8, 4) is 17.2 Å². The van der Waals surface area contributed by atoms with Crippen LogP contribution in [0, 0.1) is 0 Å². The summed E-state index contributed by atoms with van der Waals surface area (Å²) in [4.78, 5) is 14.9. The normalized spacial score (nSPS) is 16.8. The van der Waals surface area contributed by atoms with Crippen molar-refractivity contribution in [3.05, 3.63) is 53.1 Å². The lowest BCUT2D eigenvalue weighted by Gasteiger charge is -2.41. The molecule has 0 unspecified atom stereocenters. The van der Waals surface area contributed by atoms with Gasteiger partial charge in [0.25, 0.3) is 0 Å². The number of amides is 2. The SMILES string of the molecule is COc1ccc(CN2CCc3cc(OC)c(OC)cc3[C@@H]2[C@@H](C)NC(=O)NC(C)C)cc1. The van der Waals surface area contributed by atoms with Crippen LogP contribution in [0.4, 0.5) is 4.79 Å². The summed E-state index contributed by atoms with van der Waals surface area (Å²) in [6.07, 6.45) is 0.896. The Morgan fingerprint density at radius 2 is 1.66 bits per heavy atom. The van der Waals surface area contributed by atoms with Gasteiger partial charge in [0.05, 0.1) is 27.4 Å². The van der Waals surface area contributed by atoms with E-state index in [4.69, 9.17) is 14.2 Å². The second-order valence-electron chi connectivity index (χ2n) is 8.48. The van der Waals surface area contributed by atoms with Gasteiger partial charge in [0.15, 0.2) is 11.5 Å². The van der Waals surface area contributed by atoms with Crippen LogP contribution in [0.1, 0.15) is 43.5 Å². The smallest absolute Gasteiger partial charge is 0.315 e. The van der Waals surface area contributed by atoms with E-state index in [1.807, 2.05) is 26.0 Å². The summed E-state index contributed by atoms with van der Waals surface area (Å²) < 4.78 is 16.4. The first-order valence-electron chi connectivity index (χ1n) is 11.0. The molecule has 2 atom stereocenters. The molecule has 174 valence electrons. The predicted octanol–water partition coefficient (Wildman–Crippen LogP) is 3.91. The fourth-order valence-electron chi connectivity index (χ4n) is 4.35. The molecule has 32 heavy (non-hydrogen) atoms. The highest BCUT2D eigenvalue weighted by Gasteiger charge is 2.33. The van der Waals surface area contributed by atoms with Gasteiger partial charge in [0.1, 0.15) is 5.75 Å². The van der Waals surface area contributed by atoms with Gasteiger partial charge in [-0.15, -0.1) is 0 Å².